The van der Waals surface area contributed by atoms with Gasteiger partial charge in [-0.15, -0.1) is 0 Å². The summed E-state index contributed by atoms with van der Waals surface area (Å²) in [5.74, 6) is 5.50. The lowest BCUT2D eigenvalue weighted by Crippen LogP contribution is -2.51. The number of hydrogen-bond acceptors (Lipinski definition) is 4. The van der Waals surface area contributed by atoms with Gasteiger partial charge in [0.2, 0.25) is 0 Å². The number of fused-ring (bicyclic) bond motifs is 5. The maximum atomic E-state index is 6.56. The number of hydrogen-bond donors (Lipinski definition) is 0. The van der Waals surface area contributed by atoms with Gasteiger partial charge >= 0.3 is 0 Å². The van der Waals surface area contributed by atoms with E-state index in [4.69, 9.17) is 14.2 Å². The predicted octanol–water partition coefficient (Wildman–Crippen LogP) is 11.7. The third kappa shape index (κ3) is 11.4. The normalized spacial score (nSPS) is 32.7. The SMILES string of the molecule is CC/C=C\COC[C@@H](COCCCCCCCCO[C@H]1CC[C@@]2(C)C(=CCC3C2CC[C@@]2(C)C3CC[C@@H]2[C@H](C)CCCC(C)C)C1)N(C)C. The predicted molar refractivity (Wildman–Crippen MR) is 209 cm³/mol. The van der Waals surface area contributed by atoms with E-state index in [0.29, 0.717) is 29.6 Å². The van der Waals surface area contributed by atoms with Crippen molar-refractivity contribution in [1.29, 1.82) is 0 Å². The molecule has 3 saturated carbocycles. The zero-order chi connectivity index (χ0) is 35.3. The summed E-state index contributed by atoms with van der Waals surface area (Å²) in [6.45, 7) is 18.9. The van der Waals surface area contributed by atoms with Crippen molar-refractivity contribution in [3.05, 3.63) is 23.8 Å². The van der Waals surface area contributed by atoms with Gasteiger partial charge in [-0.3, -0.25) is 0 Å². The zero-order valence-corrected chi connectivity index (χ0v) is 33.8. The molecule has 0 heterocycles. The molecule has 0 bridgehead atoms. The summed E-state index contributed by atoms with van der Waals surface area (Å²) >= 11 is 0. The van der Waals surface area contributed by atoms with Crippen LogP contribution in [-0.4, -0.2) is 64.2 Å². The number of ether oxygens (including phenoxy) is 3. The minimum atomic E-state index is 0.320. The maximum Gasteiger partial charge on any atom is 0.0648 e. The van der Waals surface area contributed by atoms with Crippen LogP contribution >= 0.6 is 0 Å². The van der Waals surface area contributed by atoms with Crippen LogP contribution in [0.25, 0.3) is 0 Å². The molecule has 49 heavy (non-hydrogen) atoms. The molecule has 4 heteroatoms. The van der Waals surface area contributed by atoms with Crippen LogP contribution < -0.4 is 0 Å². The highest BCUT2D eigenvalue weighted by molar-refractivity contribution is 5.25. The monoisotopic (exact) mass is 684 g/mol. The Hall–Kier alpha value is -0.680. The summed E-state index contributed by atoms with van der Waals surface area (Å²) < 4.78 is 18.4. The molecule has 0 N–H and O–H groups in total. The van der Waals surface area contributed by atoms with Crippen LogP contribution in [0.2, 0.25) is 0 Å². The third-order valence-electron chi connectivity index (χ3n) is 14.3. The summed E-state index contributed by atoms with van der Waals surface area (Å²) in [5, 5.41) is 0. The largest absolute Gasteiger partial charge is 0.380 e. The molecule has 0 amide bonds. The van der Waals surface area contributed by atoms with Crippen molar-refractivity contribution in [1.82, 2.24) is 4.90 Å². The van der Waals surface area contributed by atoms with Crippen molar-refractivity contribution >= 4 is 0 Å². The second-order valence-corrected chi connectivity index (χ2v) is 18.3. The minimum Gasteiger partial charge on any atom is -0.380 e. The Morgan fingerprint density at radius 3 is 2.29 bits per heavy atom. The topological polar surface area (TPSA) is 30.9 Å². The number of nitrogens with zero attached hydrogens (tertiary/aromatic N) is 1. The van der Waals surface area contributed by atoms with E-state index in [1.54, 1.807) is 5.57 Å². The standard InChI is InChI=1S/C45H81NO3/c1-9-10-15-29-47-33-38(46(7)8)34-48-30-16-13-11-12-14-17-31-49-39-25-27-44(5)37(32-39)21-22-40-42-24-23-41(36(4)20-18-19-35(2)3)45(42,6)28-26-43(40)44/h10,15,21,35-36,38-43H,9,11-14,16-20,22-34H2,1-8H3/b15-10-/t36-,38+,39+,40?,41-,42?,43?,44+,45-/m1/s1. The number of allylic oxidation sites excluding steroid dienone is 2. The van der Waals surface area contributed by atoms with Crippen molar-refractivity contribution < 1.29 is 14.2 Å². The molecule has 0 spiro atoms. The van der Waals surface area contributed by atoms with E-state index in [1.165, 1.54) is 103 Å². The molecular formula is C45H81NO3. The molecule has 4 nitrogen and oxygen atoms in total. The van der Waals surface area contributed by atoms with Crippen molar-refractivity contribution in [2.75, 3.05) is 47.1 Å². The molecule has 3 fully saturated rings. The van der Waals surface area contributed by atoms with Crippen LogP contribution in [0.3, 0.4) is 0 Å². The Kier molecular flexibility index (Phi) is 17.2. The van der Waals surface area contributed by atoms with Gasteiger partial charge in [0.05, 0.1) is 32.0 Å². The van der Waals surface area contributed by atoms with E-state index < -0.39 is 0 Å². The van der Waals surface area contributed by atoms with Gasteiger partial charge < -0.3 is 19.1 Å². The average molecular weight is 684 g/mol. The summed E-state index contributed by atoms with van der Waals surface area (Å²) in [6.07, 6.45) is 31.5. The molecule has 0 saturated heterocycles. The number of unbranched alkanes of at least 4 members (excludes halogenated alkanes) is 5. The van der Waals surface area contributed by atoms with Gasteiger partial charge in [0.1, 0.15) is 0 Å². The van der Waals surface area contributed by atoms with Crippen molar-refractivity contribution in [3.8, 4) is 0 Å². The molecule has 9 atom stereocenters. The summed E-state index contributed by atoms with van der Waals surface area (Å²) in [5.41, 5.74) is 2.80. The first-order valence-corrected chi connectivity index (χ1v) is 21.4. The summed E-state index contributed by atoms with van der Waals surface area (Å²) in [6, 6.07) is 0.320. The number of rotatable bonds is 23. The van der Waals surface area contributed by atoms with Crippen LogP contribution in [0.5, 0.6) is 0 Å². The first-order chi connectivity index (χ1) is 23.6. The van der Waals surface area contributed by atoms with E-state index in [-0.39, 0.29) is 0 Å². The minimum absolute atomic E-state index is 0.320. The molecule has 0 radical (unpaired) electrons. The molecule has 4 aliphatic carbocycles. The van der Waals surface area contributed by atoms with Gasteiger partial charge in [0.25, 0.3) is 0 Å². The number of likely N-dealkylation sites (N-methyl/N-ethyl adjacent to an activating group) is 1. The Balaban J connectivity index is 1.08. The summed E-state index contributed by atoms with van der Waals surface area (Å²) in [4.78, 5) is 2.21. The highest BCUT2D eigenvalue weighted by Crippen LogP contribution is 2.67. The van der Waals surface area contributed by atoms with Crippen LogP contribution in [0.15, 0.2) is 23.8 Å². The highest BCUT2D eigenvalue weighted by Gasteiger charge is 2.59. The van der Waals surface area contributed by atoms with E-state index in [2.05, 4.69) is 78.8 Å². The Morgan fingerprint density at radius 2 is 1.55 bits per heavy atom. The molecule has 0 aliphatic heterocycles. The van der Waals surface area contributed by atoms with Crippen LogP contribution in [-0.2, 0) is 14.2 Å². The fourth-order valence-electron chi connectivity index (χ4n) is 11.1. The van der Waals surface area contributed by atoms with Gasteiger partial charge in [-0.1, -0.05) is 110 Å². The fourth-order valence-corrected chi connectivity index (χ4v) is 11.1. The molecule has 0 aromatic carbocycles. The Labute approximate surface area is 304 Å². The lowest BCUT2D eigenvalue weighted by atomic mass is 9.47. The third-order valence-corrected chi connectivity index (χ3v) is 14.3. The first-order valence-electron chi connectivity index (χ1n) is 21.4. The first kappa shape index (κ1) is 41.1. The maximum absolute atomic E-state index is 6.56. The smallest absolute Gasteiger partial charge is 0.0648 e. The van der Waals surface area contributed by atoms with E-state index >= 15 is 0 Å². The molecular weight excluding hydrogens is 602 g/mol. The van der Waals surface area contributed by atoms with E-state index in [1.807, 2.05) is 0 Å². The van der Waals surface area contributed by atoms with E-state index in [9.17, 15) is 0 Å². The lowest BCUT2D eigenvalue weighted by Gasteiger charge is -2.58. The van der Waals surface area contributed by atoms with Gasteiger partial charge in [-0.05, 0) is 131 Å². The van der Waals surface area contributed by atoms with Crippen LogP contribution in [0.4, 0.5) is 0 Å². The van der Waals surface area contributed by atoms with Crippen LogP contribution in [0.1, 0.15) is 157 Å². The molecule has 4 aliphatic rings. The summed E-state index contributed by atoms with van der Waals surface area (Å²) in [7, 11) is 4.23. The zero-order valence-electron chi connectivity index (χ0n) is 33.8. The highest BCUT2D eigenvalue weighted by atomic mass is 16.5. The quantitative estimate of drug-likeness (QED) is 0.0792. The lowest BCUT2D eigenvalue weighted by molar-refractivity contribution is -0.0641. The van der Waals surface area contributed by atoms with Crippen molar-refractivity contribution in [3.63, 3.8) is 0 Å². The van der Waals surface area contributed by atoms with Gasteiger partial charge in [-0.2, -0.15) is 0 Å². The van der Waals surface area contributed by atoms with E-state index in [0.717, 1.165) is 74.8 Å². The second-order valence-electron chi connectivity index (χ2n) is 18.3. The van der Waals surface area contributed by atoms with Crippen LogP contribution in [0, 0.1) is 46.3 Å². The Morgan fingerprint density at radius 1 is 0.816 bits per heavy atom. The molecule has 3 unspecified atom stereocenters. The molecule has 0 aromatic heterocycles. The molecule has 284 valence electrons. The fraction of sp³-hybridized carbons (Fsp3) is 0.911. The Bertz CT molecular complexity index is 990. The van der Waals surface area contributed by atoms with Crippen molar-refractivity contribution in [2.45, 2.75) is 169 Å². The molecule has 0 aromatic rings. The average Bonchev–Trinajstić information content (AvgIpc) is 3.43. The van der Waals surface area contributed by atoms with Crippen molar-refractivity contribution in [2.24, 2.45) is 46.3 Å². The van der Waals surface area contributed by atoms with Gasteiger partial charge in [0.15, 0.2) is 0 Å². The second kappa shape index (κ2) is 20.5. The van der Waals surface area contributed by atoms with Gasteiger partial charge in [0, 0.05) is 13.2 Å². The van der Waals surface area contributed by atoms with Gasteiger partial charge in [-0.25, -0.2) is 0 Å². The molecule has 4 rings (SSSR count).